The van der Waals surface area contributed by atoms with E-state index in [0.29, 0.717) is 36.4 Å². The number of guanidine groups is 1. The molecule has 2 atom stereocenters. The fourth-order valence-electron chi connectivity index (χ4n) is 3.46. The number of hydrogen-bond acceptors (Lipinski definition) is 4. The van der Waals surface area contributed by atoms with Gasteiger partial charge in [0.05, 0.1) is 6.54 Å². The molecule has 2 bridgehead atoms. The van der Waals surface area contributed by atoms with E-state index >= 15 is 0 Å². The number of anilines is 1. The van der Waals surface area contributed by atoms with Gasteiger partial charge in [-0.05, 0) is 37.1 Å². The van der Waals surface area contributed by atoms with Gasteiger partial charge >= 0.3 is 0 Å². The van der Waals surface area contributed by atoms with Gasteiger partial charge in [-0.15, -0.1) is 0 Å². The standard InChI is InChI=1S/C23H28N6O3S.BrH/c1-33(17-6-3-2-4-7-17)14-15-9-10-16-12-18(15)21(31)27-13-20(30)29-19(22(32)28-16)8-5-11-26-23(24)25;/h2-4,6-7,9-10,12,19H,5,8,11,13-14H2,1H3,(H6-,24,25,26,27,28,29,30,31,32);1H. The first-order valence-electron chi connectivity index (χ1n) is 10.6. The average molecular weight is 549 g/mol. The molecule has 1 heterocycles. The summed E-state index contributed by atoms with van der Waals surface area (Å²) in [4.78, 5) is 43.2. The van der Waals surface area contributed by atoms with Crippen LogP contribution in [-0.2, 0) is 26.2 Å². The van der Waals surface area contributed by atoms with E-state index in [2.05, 4.69) is 39.3 Å². The lowest BCUT2D eigenvalue weighted by Crippen LogP contribution is -3.00. The first kappa shape index (κ1) is 27.2. The summed E-state index contributed by atoms with van der Waals surface area (Å²) in [6.45, 7) is 0.120. The first-order chi connectivity index (χ1) is 15.8. The van der Waals surface area contributed by atoms with E-state index in [-0.39, 0.29) is 52.2 Å². The Morgan fingerprint density at radius 2 is 1.85 bits per heavy atom. The van der Waals surface area contributed by atoms with Crippen LogP contribution in [0.2, 0.25) is 0 Å². The maximum Gasteiger partial charge on any atom is 0.252 e. The largest absolute Gasteiger partial charge is 1.00 e. The van der Waals surface area contributed by atoms with Gasteiger partial charge < -0.3 is 44.4 Å². The van der Waals surface area contributed by atoms with Crippen LogP contribution in [0.5, 0.6) is 0 Å². The second-order valence-corrected chi connectivity index (χ2v) is 9.74. The SMILES string of the molecule is C[S+](Cc1ccc2cc1C(=O)NCC(=O)NC(CCCN=C(N)N)C(=O)N2)c1ccccc1.[Br-]. The van der Waals surface area contributed by atoms with E-state index in [1.165, 1.54) is 4.90 Å². The molecule has 0 aliphatic carbocycles. The Kier molecular flexibility index (Phi) is 10.4. The molecule has 34 heavy (non-hydrogen) atoms. The monoisotopic (exact) mass is 548 g/mol. The van der Waals surface area contributed by atoms with Crippen LogP contribution in [-0.4, -0.2) is 49.1 Å². The van der Waals surface area contributed by atoms with Crippen LogP contribution >= 0.6 is 0 Å². The van der Waals surface area contributed by atoms with Gasteiger partial charge in [-0.2, -0.15) is 0 Å². The molecule has 2 aromatic carbocycles. The number of nitrogens with two attached hydrogens (primary N) is 2. The fourth-order valence-corrected chi connectivity index (χ4v) is 4.97. The summed E-state index contributed by atoms with van der Waals surface area (Å²) in [5.41, 5.74) is 12.4. The maximum absolute atomic E-state index is 12.9. The number of halogens is 1. The minimum atomic E-state index is -0.774. The third-order valence-corrected chi connectivity index (χ3v) is 6.97. The van der Waals surface area contributed by atoms with Gasteiger partial charge in [0.25, 0.3) is 5.91 Å². The zero-order chi connectivity index (χ0) is 23.8. The van der Waals surface area contributed by atoms with Crippen LogP contribution in [0.1, 0.15) is 28.8 Å². The molecule has 0 radical (unpaired) electrons. The molecule has 3 rings (SSSR count). The highest BCUT2D eigenvalue weighted by Crippen LogP contribution is 2.23. The van der Waals surface area contributed by atoms with Crippen molar-refractivity contribution in [3.63, 3.8) is 0 Å². The predicted octanol–water partition coefficient (Wildman–Crippen LogP) is -2.28. The second kappa shape index (κ2) is 13.0. The number of aliphatic imine (C=N–C) groups is 1. The normalized spacial score (nSPS) is 16.6. The molecule has 0 aromatic heterocycles. The third kappa shape index (κ3) is 7.77. The van der Waals surface area contributed by atoms with Crippen LogP contribution in [0.4, 0.5) is 5.69 Å². The summed E-state index contributed by atoms with van der Waals surface area (Å²) in [6.07, 6.45) is 2.98. The van der Waals surface area contributed by atoms with E-state index in [1.54, 1.807) is 12.1 Å². The summed E-state index contributed by atoms with van der Waals surface area (Å²) >= 11 is 0. The third-order valence-electron chi connectivity index (χ3n) is 5.15. The lowest BCUT2D eigenvalue weighted by Gasteiger charge is -2.18. The van der Waals surface area contributed by atoms with Crippen molar-refractivity contribution in [2.75, 3.05) is 24.7 Å². The van der Waals surface area contributed by atoms with Crippen molar-refractivity contribution in [1.82, 2.24) is 10.6 Å². The molecule has 11 heteroatoms. The summed E-state index contributed by atoms with van der Waals surface area (Å²) in [6, 6.07) is 14.6. The molecular formula is C23H29BrN6O3S. The Balaban J connectivity index is 0.00000408. The van der Waals surface area contributed by atoms with Crippen molar-refractivity contribution in [2.45, 2.75) is 29.5 Å². The van der Waals surface area contributed by atoms with Gasteiger partial charge in [-0.3, -0.25) is 19.4 Å². The van der Waals surface area contributed by atoms with E-state index in [1.807, 2.05) is 24.3 Å². The molecule has 3 amide bonds. The molecule has 0 saturated carbocycles. The fraction of sp³-hybridized carbons (Fsp3) is 0.304. The van der Waals surface area contributed by atoms with Crippen LogP contribution < -0.4 is 44.4 Å². The van der Waals surface area contributed by atoms with E-state index in [4.69, 9.17) is 11.5 Å². The van der Waals surface area contributed by atoms with E-state index in [9.17, 15) is 14.4 Å². The lowest BCUT2D eigenvalue weighted by atomic mass is 10.1. The van der Waals surface area contributed by atoms with Crippen LogP contribution in [0.25, 0.3) is 0 Å². The lowest BCUT2D eigenvalue weighted by molar-refractivity contribution is -0.126. The first-order valence-corrected chi connectivity index (χ1v) is 12.4. The maximum atomic E-state index is 12.9. The number of benzene rings is 2. The highest BCUT2D eigenvalue weighted by atomic mass is 79.9. The van der Waals surface area contributed by atoms with Gasteiger partial charge in [0.15, 0.2) is 10.9 Å². The molecule has 2 aromatic rings. The number of nitrogens with zero attached hydrogens (tertiary/aromatic N) is 1. The summed E-state index contributed by atoms with van der Waals surface area (Å²) in [7, 11) is -0.118. The number of carbonyl (C=O) groups is 3. The van der Waals surface area contributed by atoms with Crippen molar-refractivity contribution >= 4 is 40.3 Å². The quantitative estimate of drug-likeness (QED) is 0.114. The van der Waals surface area contributed by atoms with Gasteiger partial charge in [0.1, 0.15) is 18.1 Å². The molecule has 7 N–H and O–H groups in total. The molecular weight excluding hydrogens is 520 g/mol. The molecule has 9 nitrogen and oxygen atoms in total. The smallest absolute Gasteiger partial charge is 0.252 e. The zero-order valence-corrected chi connectivity index (χ0v) is 21.2. The number of nitrogens with one attached hydrogen (secondary N) is 3. The average Bonchev–Trinajstić information content (AvgIpc) is 2.81. The Hall–Kier alpha value is -3.05. The highest BCUT2D eigenvalue weighted by Gasteiger charge is 2.25. The van der Waals surface area contributed by atoms with Gasteiger partial charge in [0.2, 0.25) is 11.8 Å². The molecule has 0 saturated heterocycles. The topological polar surface area (TPSA) is 152 Å². The van der Waals surface area contributed by atoms with Crippen molar-refractivity contribution in [1.29, 1.82) is 0 Å². The van der Waals surface area contributed by atoms with Crippen LogP contribution in [0, 0.1) is 0 Å². The Morgan fingerprint density at radius 3 is 2.56 bits per heavy atom. The molecule has 2 unspecified atom stereocenters. The minimum Gasteiger partial charge on any atom is -1.00 e. The van der Waals surface area contributed by atoms with E-state index < -0.39 is 11.9 Å². The minimum absolute atomic E-state index is 0. The Morgan fingerprint density at radius 1 is 1.12 bits per heavy atom. The van der Waals surface area contributed by atoms with Crippen LogP contribution in [0.15, 0.2) is 58.4 Å². The number of hydrogen-bond donors (Lipinski definition) is 5. The van der Waals surface area contributed by atoms with Gasteiger partial charge in [0, 0.05) is 34.3 Å². The molecule has 1 aliphatic heterocycles. The number of fused-ring (bicyclic) bond motifs is 2. The van der Waals surface area contributed by atoms with Crippen molar-refractivity contribution in [3.8, 4) is 0 Å². The Bertz CT molecular complexity index is 1050. The summed E-state index contributed by atoms with van der Waals surface area (Å²) < 4.78 is 0. The second-order valence-electron chi connectivity index (χ2n) is 7.71. The molecule has 1 aliphatic rings. The number of amides is 3. The molecule has 0 fully saturated rings. The zero-order valence-electron chi connectivity index (χ0n) is 18.8. The number of rotatable bonds is 7. The molecule has 0 spiro atoms. The van der Waals surface area contributed by atoms with Crippen molar-refractivity contribution in [3.05, 3.63) is 59.7 Å². The van der Waals surface area contributed by atoms with E-state index in [0.717, 1.165) is 5.56 Å². The number of carbonyl (C=O) groups excluding carboxylic acids is 3. The van der Waals surface area contributed by atoms with Gasteiger partial charge in [-0.25, -0.2) is 0 Å². The van der Waals surface area contributed by atoms with Crippen molar-refractivity contribution in [2.24, 2.45) is 16.5 Å². The summed E-state index contributed by atoms with van der Waals surface area (Å²) in [5, 5.41) is 8.16. The molecule has 182 valence electrons. The van der Waals surface area contributed by atoms with Crippen molar-refractivity contribution < 1.29 is 31.4 Å². The highest BCUT2D eigenvalue weighted by molar-refractivity contribution is 7.95. The Labute approximate surface area is 212 Å². The van der Waals surface area contributed by atoms with Crippen LogP contribution in [0.3, 0.4) is 0 Å². The van der Waals surface area contributed by atoms with Gasteiger partial charge in [-0.1, -0.05) is 24.3 Å². The predicted molar refractivity (Wildman–Crippen MR) is 131 cm³/mol. The summed E-state index contributed by atoms with van der Waals surface area (Å²) in [5.74, 6) is -0.515.